The number of hydrogen-bond acceptors (Lipinski definition) is 2. The Balaban J connectivity index is 1.50. The Kier molecular flexibility index (Phi) is 4.73. The fourth-order valence-corrected chi connectivity index (χ4v) is 4.67. The summed E-state index contributed by atoms with van der Waals surface area (Å²) in [4.78, 5) is 14.9. The van der Waals surface area contributed by atoms with Crippen LogP contribution < -0.4 is 10.2 Å². The minimum atomic E-state index is -0.113. The van der Waals surface area contributed by atoms with E-state index in [0.717, 1.165) is 23.5 Å². The van der Waals surface area contributed by atoms with Crippen molar-refractivity contribution in [2.75, 3.05) is 10.2 Å². The van der Waals surface area contributed by atoms with Crippen LogP contribution in [-0.2, 0) is 6.42 Å². The van der Waals surface area contributed by atoms with E-state index in [9.17, 15) is 4.79 Å². The second-order valence-corrected chi connectivity index (χ2v) is 8.58. The molecule has 1 unspecified atom stereocenters. The van der Waals surface area contributed by atoms with Gasteiger partial charge in [0.25, 0.3) is 5.91 Å². The molecule has 146 valence electrons. The number of amides is 1. The van der Waals surface area contributed by atoms with Gasteiger partial charge in [-0.3, -0.25) is 4.79 Å². The van der Waals surface area contributed by atoms with Gasteiger partial charge in [0.15, 0.2) is 0 Å². The predicted molar refractivity (Wildman–Crippen MR) is 120 cm³/mol. The third kappa shape index (κ3) is 3.61. The molecule has 1 atom stereocenters. The Morgan fingerprint density at radius 3 is 2.45 bits per heavy atom. The number of hydrogen-bond donors (Lipinski definition) is 1. The number of anilines is 3. The van der Waals surface area contributed by atoms with Crippen LogP contribution in [0, 0.1) is 5.92 Å². The SMILES string of the molecule is O=C(Nc1ccc2c(c1)N(c1ccc(Cl)cc1Cl)C(C1CC1)C2)c1ccccc1. The normalized spacial score (nSPS) is 17.9. The van der Waals surface area contributed by atoms with Crippen molar-refractivity contribution >= 4 is 46.2 Å². The molecular formula is C24H20Cl2N2O. The van der Waals surface area contributed by atoms with Gasteiger partial charge in [0.05, 0.1) is 10.7 Å². The highest BCUT2D eigenvalue weighted by molar-refractivity contribution is 6.36. The summed E-state index contributed by atoms with van der Waals surface area (Å²) in [5, 5.41) is 4.30. The van der Waals surface area contributed by atoms with Crippen molar-refractivity contribution in [2.24, 2.45) is 5.92 Å². The van der Waals surface area contributed by atoms with Crippen molar-refractivity contribution in [1.82, 2.24) is 0 Å². The lowest BCUT2D eigenvalue weighted by Gasteiger charge is -2.29. The zero-order chi connectivity index (χ0) is 20.0. The maximum atomic E-state index is 12.6. The Bertz CT molecular complexity index is 1080. The highest BCUT2D eigenvalue weighted by atomic mass is 35.5. The topological polar surface area (TPSA) is 32.3 Å². The summed E-state index contributed by atoms with van der Waals surface area (Å²) in [5.74, 6) is 0.565. The first-order chi connectivity index (χ1) is 14.1. The first kappa shape index (κ1) is 18.5. The first-order valence-electron chi connectivity index (χ1n) is 9.84. The van der Waals surface area contributed by atoms with Crippen molar-refractivity contribution in [3.8, 4) is 0 Å². The van der Waals surface area contributed by atoms with Crippen LogP contribution in [0.2, 0.25) is 10.0 Å². The molecule has 0 aromatic heterocycles. The minimum Gasteiger partial charge on any atom is -0.336 e. The van der Waals surface area contributed by atoms with Gasteiger partial charge in [-0.05, 0) is 73.2 Å². The van der Waals surface area contributed by atoms with Crippen LogP contribution in [-0.4, -0.2) is 11.9 Å². The Hall–Kier alpha value is -2.49. The molecule has 1 N–H and O–H groups in total. The van der Waals surface area contributed by atoms with Crippen LogP contribution in [0.4, 0.5) is 17.1 Å². The number of nitrogens with one attached hydrogen (secondary N) is 1. The van der Waals surface area contributed by atoms with E-state index in [1.54, 1.807) is 6.07 Å². The lowest BCUT2D eigenvalue weighted by molar-refractivity contribution is 0.102. The quantitative estimate of drug-likeness (QED) is 0.505. The fraction of sp³-hybridized carbons (Fsp3) is 0.208. The van der Waals surface area contributed by atoms with E-state index in [1.165, 1.54) is 18.4 Å². The number of benzene rings is 3. The molecule has 1 saturated carbocycles. The standard InChI is InChI=1S/C24H20Cl2N2O/c25-18-9-11-21(20(26)13-18)28-22(15-6-7-15)12-17-8-10-19(14-23(17)28)27-24(29)16-4-2-1-3-5-16/h1-5,8-11,13-15,22H,6-7,12H2,(H,27,29). The monoisotopic (exact) mass is 422 g/mol. The van der Waals surface area contributed by atoms with Crippen LogP contribution in [0.1, 0.15) is 28.8 Å². The molecule has 3 nitrogen and oxygen atoms in total. The maximum Gasteiger partial charge on any atom is 0.255 e. The minimum absolute atomic E-state index is 0.113. The molecule has 0 saturated heterocycles. The van der Waals surface area contributed by atoms with Gasteiger partial charge in [0, 0.05) is 28.0 Å². The van der Waals surface area contributed by atoms with E-state index in [2.05, 4.69) is 22.3 Å². The van der Waals surface area contributed by atoms with Crippen LogP contribution in [0.25, 0.3) is 0 Å². The molecule has 1 heterocycles. The average molecular weight is 423 g/mol. The Morgan fingerprint density at radius 1 is 0.931 bits per heavy atom. The molecule has 5 heteroatoms. The number of carbonyl (C=O) groups is 1. The highest BCUT2D eigenvalue weighted by Crippen LogP contribution is 2.49. The molecular weight excluding hydrogens is 403 g/mol. The van der Waals surface area contributed by atoms with Gasteiger partial charge in [-0.1, -0.05) is 47.5 Å². The van der Waals surface area contributed by atoms with E-state index < -0.39 is 0 Å². The van der Waals surface area contributed by atoms with Gasteiger partial charge in [-0.15, -0.1) is 0 Å². The lowest BCUT2D eigenvalue weighted by atomic mass is 10.1. The van der Waals surface area contributed by atoms with Gasteiger partial charge in [0.1, 0.15) is 0 Å². The summed E-state index contributed by atoms with van der Waals surface area (Å²) in [6.07, 6.45) is 3.49. The molecule has 1 fully saturated rings. The number of carbonyl (C=O) groups excluding carboxylic acids is 1. The summed E-state index contributed by atoms with van der Waals surface area (Å²) < 4.78 is 0. The number of nitrogens with zero attached hydrogens (tertiary/aromatic N) is 1. The van der Waals surface area contributed by atoms with E-state index in [-0.39, 0.29) is 5.91 Å². The second kappa shape index (κ2) is 7.40. The lowest BCUT2D eigenvalue weighted by Crippen LogP contribution is -2.29. The van der Waals surface area contributed by atoms with Crippen LogP contribution in [0.15, 0.2) is 66.7 Å². The third-order valence-electron chi connectivity index (χ3n) is 5.73. The van der Waals surface area contributed by atoms with Gasteiger partial charge in [0.2, 0.25) is 0 Å². The van der Waals surface area contributed by atoms with Gasteiger partial charge in [-0.25, -0.2) is 0 Å². The molecule has 2 aliphatic rings. The summed E-state index contributed by atoms with van der Waals surface area (Å²) in [5.41, 5.74) is 4.78. The predicted octanol–water partition coefficient (Wildman–Crippen LogP) is 6.72. The van der Waals surface area contributed by atoms with Crippen LogP contribution in [0.3, 0.4) is 0 Å². The zero-order valence-corrected chi connectivity index (χ0v) is 17.3. The summed E-state index contributed by atoms with van der Waals surface area (Å²) in [6, 6.07) is 21.5. The first-order valence-corrected chi connectivity index (χ1v) is 10.6. The number of halogens is 2. The average Bonchev–Trinajstić information content (AvgIpc) is 3.50. The zero-order valence-electron chi connectivity index (χ0n) is 15.7. The van der Waals surface area contributed by atoms with Gasteiger partial charge in [-0.2, -0.15) is 0 Å². The van der Waals surface area contributed by atoms with Crippen molar-refractivity contribution in [2.45, 2.75) is 25.3 Å². The Labute approximate surface area is 180 Å². The third-order valence-corrected chi connectivity index (χ3v) is 6.27. The van der Waals surface area contributed by atoms with Crippen molar-refractivity contribution in [3.05, 3.63) is 87.9 Å². The van der Waals surface area contributed by atoms with Crippen molar-refractivity contribution < 1.29 is 4.79 Å². The van der Waals surface area contributed by atoms with Gasteiger partial charge >= 0.3 is 0 Å². The summed E-state index contributed by atoms with van der Waals surface area (Å²) >= 11 is 12.7. The largest absolute Gasteiger partial charge is 0.336 e. The van der Waals surface area contributed by atoms with Gasteiger partial charge < -0.3 is 10.2 Å². The van der Waals surface area contributed by atoms with E-state index in [0.29, 0.717) is 27.6 Å². The van der Waals surface area contributed by atoms with Crippen molar-refractivity contribution in [1.29, 1.82) is 0 Å². The number of fused-ring (bicyclic) bond motifs is 1. The van der Waals surface area contributed by atoms with Crippen molar-refractivity contribution in [3.63, 3.8) is 0 Å². The number of rotatable bonds is 4. The second-order valence-electron chi connectivity index (χ2n) is 7.74. The highest BCUT2D eigenvalue weighted by Gasteiger charge is 2.41. The fourth-order valence-electron chi connectivity index (χ4n) is 4.17. The van der Waals surface area contributed by atoms with E-state index in [1.807, 2.05) is 48.5 Å². The molecule has 0 spiro atoms. The molecule has 1 amide bonds. The molecule has 0 bridgehead atoms. The van der Waals surface area contributed by atoms with Crippen LogP contribution >= 0.6 is 23.2 Å². The molecule has 1 aliphatic heterocycles. The molecule has 0 radical (unpaired) electrons. The maximum absolute atomic E-state index is 12.6. The summed E-state index contributed by atoms with van der Waals surface area (Å²) in [6.45, 7) is 0. The van der Waals surface area contributed by atoms with E-state index in [4.69, 9.17) is 23.2 Å². The summed E-state index contributed by atoms with van der Waals surface area (Å²) in [7, 11) is 0. The van der Waals surface area contributed by atoms with E-state index >= 15 is 0 Å². The molecule has 5 rings (SSSR count). The smallest absolute Gasteiger partial charge is 0.255 e. The molecule has 29 heavy (non-hydrogen) atoms. The molecule has 3 aromatic carbocycles. The Morgan fingerprint density at radius 2 is 1.72 bits per heavy atom. The molecule has 3 aromatic rings. The molecule has 1 aliphatic carbocycles. The van der Waals surface area contributed by atoms with Crippen LogP contribution in [0.5, 0.6) is 0 Å².